The zero-order chi connectivity index (χ0) is 21.0. The number of rotatable bonds is 8. The number of sulfonamides is 1. The Balaban J connectivity index is 1.33. The van der Waals surface area contributed by atoms with Crippen molar-refractivity contribution in [3.8, 4) is 0 Å². The second-order valence-corrected chi connectivity index (χ2v) is 8.60. The van der Waals surface area contributed by atoms with Crippen LogP contribution >= 0.6 is 0 Å². The highest BCUT2D eigenvalue weighted by Gasteiger charge is 2.14. The van der Waals surface area contributed by atoms with Crippen LogP contribution in [0.15, 0.2) is 82.4 Å². The Kier molecular flexibility index (Phi) is 5.69. The van der Waals surface area contributed by atoms with Crippen molar-refractivity contribution in [1.82, 2.24) is 9.71 Å². The summed E-state index contributed by atoms with van der Waals surface area (Å²) in [5.74, 6) is 0.393. The van der Waals surface area contributed by atoms with Crippen LogP contribution in [0.5, 0.6) is 0 Å². The van der Waals surface area contributed by atoms with E-state index in [1.807, 2.05) is 30.5 Å². The van der Waals surface area contributed by atoms with Crippen molar-refractivity contribution in [3.63, 3.8) is 0 Å². The van der Waals surface area contributed by atoms with Crippen LogP contribution in [0.2, 0.25) is 0 Å². The van der Waals surface area contributed by atoms with Crippen molar-refractivity contribution >= 4 is 32.5 Å². The van der Waals surface area contributed by atoms with E-state index in [0.29, 0.717) is 24.3 Å². The second kappa shape index (κ2) is 8.56. The molecule has 154 valence electrons. The fraction of sp³-hybridized carbons (Fsp3) is 0.136. The summed E-state index contributed by atoms with van der Waals surface area (Å²) in [6, 6.07) is 17.4. The molecule has 0 saturated carbocycles. The minimum Gasteiger partial charge on any atom is -0.468 e. The van der Waals surface area contributed by atoms with Crippen molar-refractivity contribution in [1.29, 1.82) is 0 Å². The zero-order valence-corrected chi connectivity index (χ0v) is 16.9. The van der Waals surface area contributed by atoms with Gasteiger partial charge in [-0.2, -0.15) is 0 Å². The first kappa shape index (κ1) is 19.9. The average molecular weight is 423 g/mol. The predicted octanol–water partition coefficient (Wildman–Crippen LogP) is 3.81. The van der Waals surface area contributed by atoms with E-state index >= 15 is 0 Å². The molecule has 8 heteroatoms. The molecule has 7 nitrogen and oxygen atoms in total. The number of aryl methyl sites for hydroxylation is 1. The normalized spacial score (nSPS) is 11.6. The molecule has 0 saturated heterocycles. The third-order valence-electron chi connectivity index (χ3n) is 4.76. The third kappa shape index (κ3) is 4.61. The van der Waals surface area contributed by atoms with Gasteiger partial charge in [-0.1, -0.05) is 18.2 Å². The number of hydrogen-bond acceptors (Lipinski definition) is 4. The third-order valence-corrected chi connectivity index (χ3v) is 6.18. The molecular formula is C22H21N3O4S. The van der Waals surface area contributed by atoms with E-state index in [4.69, 9.17) is 4.42 Å². The summed E-state index contributed by atoms with van der Waals surface area (Å²) in [5.41, 5.74) is 2.68. The summed E-state index contributed by atoms with van der Waals surface area (Å²) in [6.45, 7) is 0.0711. The molecule has 0 unspecified atom stereocenters. The largest absolute Gasteiger partial charge is 0.468 e. The molecule has 1 amide bonds. The Hall–Kier alpha value is -3.36. The maximum atomic E-state index is 12.4. The van der Waals surface area contributed by atoms with Crippen molar-refractivity contribution in [3.05, 3.63) is 84.4 Å². The van der Waals surface area contributed by atoms with E-state index in [2.05, 4.69) is 15.0 Å². The smallest absolute Gasteiger partial charge is 0.240 e. The highest BCUT2D eigenvalue weighted by atomic mass is 32.2. The van der Waals surface area contributed by atoms with Gasteiger partial charge >= 0.3 is 0 Å². The van der Waals surface area contributed by atoms with Crippen LogP contribution in [0, 0.1) is 0 Å². The average Bonchev–Trinajstić information content (AvgIpc) is 3.41. The van der Waals surface area contributed by atoms with E-state index in [9.17, 15) is 13.2 Å². The Morgan fingerprint density at radius 2 is 1.80 bits per heavy atom. The number of para-hydroxylation sites is 1. The molecule has 30 heavy (non-hydrogen) atoms. The van der Waals surface area contributed by atoms with Crippen LogP contribution in [-0.4, -0.2) is 19.3 Å². The number of hydrogen-bond donors (Lipinski definition) is 3. The SMILES string of the molecule is O=C(CCc1c[nH]c2ccccc12)Nc1ccc(S(=O)(=O)NCc2ccco2)cc1. The number of amides is 1. The van der Waals surface area contributed by atoms with Gasteiger partial charge in [0.1, 0.15) is 5.76 Å². The molecule has 0 radical (unpaired) electrons. The van der Waals surface area contributed by atoms with E-state index in [0.717, 1.165) is 16.5 Å². The topological polar surface area (TPSA) is 104 Å². The summed E-state index contributed by atoms with van der Waals surface area (Å²) >= 11 is 0. The molecule has 2 aromatic heterocycles. The Bertz CT molecular complexity index is 1240. The first-order chi connectivity index (χ1) is 14.5. The molecule has 4 aromatic rings. The lowest BCUT2D eigenvalue weighted by Crippen LogP contribution is -2.23. The number of anilines is 1. The Labute approximate surface area is 174 Å². The van der Waals surface area contributed by atoms with Crippen LogP contribution < -0.4 is 10.0 Å². The van der Waals surface area contributed by atoms with E-state index < -0.39 is 10.0 Å². The quantitative estimate of drug-likeness (QED) is 0.401. The second-order valence-electron chi connectivity index (χ2n) is 6.84. The maximum Gasteiger partial charge on any atom is 0.240 e. The van der Waals surface area contributed by atoms with Crippen molar-refractivity contribution in [2.45, 2.75) is 24.3 Å². The van der Waals surface area contributed by atoms with E-state index in [1.54, 1.807) is 24.3 Å². The number of aromatic amines is 1. The number of benzene rings is 2. The van der Waals surface area contributed by atoms with Gasteiger partial charge in [0.15, 0.2) is 0 Å². The fourth-order valence-electron chi connectivity index (χ4n) is 3.19. The lowest BCUT2D eigenvalue weighted by Gasteiger charge is -2.08. The van der Waals surface area contributed by atoms with Gasteiger partial charge in [0.05, 0.1) is 17.7 Å². The summed E-state index contributed by atoms with van der Waals surface area (Å²) in [7, 11) is -3.67. The first-order valence-corrected chi connectivity index (χ1v) is 11.0. The van der Waals surface area contributed by atoms with E-state index in [1.165, 1.54) is 18.4 Å². The molecule has 0 aliphatic heterocycles. The number of nitrogens with one attached hydrogen (secondary N) is 3. The Morgan fingerprint density at radius 3 is 2.57 bits per heavy atom. The van der Waals surface area contributed by atoms with Gasteiger partial charge in [0, 0.05) is 29.2 Å². The summed E-state index contributed by atoms with van der Waals surface area (Å²) in [4.78, 5) is 15.6. The lowest BCUT2D eigenvalue weighted by atomic mass is 10.1. The molecule has 4 rings (SSSR count). The highest BCUT2D eigenvalue weighted by Crippen LogP contribution is 2.20. The molecule has 0 aliphatic carbocycles. The number of aromatic nitrogens is 1. The van der Waals surface area contributed by atoms with Crippen molar-refractivity contribution in [2.24, 2.45) is 0 Å². The molecule has 0 atom stereocenters. The summed E-state index contributed by atoms with van der Waals surface area (Å²) < 4.78 is 32.3. The first-order valence-electron chi connectivity index (χ1n) is 9.48. The van der Waals surface area contributed by atoms with Crippen LogP contribution in [-0.2, 0) is 27.8 Å². The zero-order valence-electron chi connectivity index (χ0n) is 16.1. The van der Waals surface area contributed by atoms with Crippen LogP contribution in [0.3, 0.4) is 0 Å². The van der Waals surface area contributed by atoms with Crippen LogP contribution in [0.4, 0.5) is 5.69 Å². The minimum atomic E-state index is -3.67. The lowest BCUT2D eigenvalue weighted by molar-refractivity contribution is -0.116. The highest BCUT2D eigenvalue weighted by molar-refractivity contribution is 7.89. The molecule has 0 aliphatic rings. The minimum absolute atomic E-state index is 0.0711. The number of H-pyrrole nitrogens is 1. The van der Waals surface area contributed by atoms with Crippen LogP contribution in [0.25, 0.3) is 10.9 Å². The molecule has 0 spiro atoms. The fourth-order valence-corrected chi connectivity index (χ4v) is 4.18. The molecule has 2 aromatic carbocycles. The molecule has 2 heterocycles. The van der Waals surface area contributed by atoms with Gasteiger partial charge in [0.25, 0.3) is 0 Å². The summed E-state index contributed by atoms with van der Waals surface area (Å²) in [5, 5.41) is 3.92. The van der Waals surface area contributed by atoms with Gasteiger partial charge < -0.3 is 14.7 Å². The number of furan rings is 1. The van der Waals surface area contributed by atoms with Gasteiger partial charge in [-0.15, -0.1) is 0 Å². The number of carbonyl (C=O) groups is 1. The molecule has 0 fully saturated rings. The van der Waals surface area contributed by atoms with Gasteiger partial charge in [-0.3, -0.25) is 4.79 Å². The number of carbonyl (C=O) groups excluding carboxylic acids is 1. The molecule has 0 bridgehead atoms. The van der Waals surface area contributed by atoms with Crippen molar-refractivity contribution < 1.29 is 17.6 Å². The predicted molar refractivity (Wildman–Crippen MR) is 114 cm³/mol. The number of fused-ring (bicyclic) bond motifs is 1. The summed E-state index contributed by atoms with van der Waals surface area (Å²) in [6.07, 6.45) is 4.35. The molecular weight excluding hydrogens is 402 g/mol. The van der Waals surface area contributed by atoms with Gasteiger partial charge in [-0.05, 0) is 54.4 Å². The molecule has 3 N–H and O–H groups in total. The Morgan fingerprint density at radius 1 is 1.00 bits per heavy atom. The monoisotopic (exact) mass is 423 g/mol. The van der Waals surface area contributed by atoms with Crippen LogP contribution in [0.1, 0.15) is 17.7 Å². The van der Waals surface area contributed by atoms with E-state index in [-0.39, 0.29) is 17.3 Å². The van der Waals surface area contributed by atoms with Crippen molar-refractivity contribution in [2.75, 3.05) is 5.32 Å². The van der Waals surface area contributed by atoms with Gasteiger partial charge in [-0.25, -0.2) is 13.1 Å². The maximum absolute atomic E-state index is 12.4. The van der Waals surface area contributed by atoms with Gasteiger partial charge in [0.2, 0.25) is 15.9 Å². The standard InChI is InChI=1S/C22H21N3O4S/c26-22(12-7-16-14-23-21-6-2-1-5-20(16)21)25-17-8-10-19(11-9-17)30(27,28)24-15-18-4-3-13-29-18/h1-6,8-11,13-14,23-24H,7,12,15H2,(H,25,26).